The molecule has 1 aliphatic rings. The second-order valence-corrected chi connectivity index (χ2v) is 8.21. The first kappa shape index (κ1) is 23.6. The van der Waals surface area contributed by atoms with Crippen molar-refractivity contribution in [2.75, 3.05) is 38.5 Å². The van der Waals surface area contributed by atoms with Gasteiger partial charge in [-0.05, 0) is 48.6 Å². The Labute approximate surface area is 194 Å². The lowest BCUT2D eigenvalue weighted by Crippen LogP contribution is -2.28. The molecule has 0 saturated carbocycles. The highest BCUT2D eigenvalue weighted by Gasteiger charge is 2.19. The van der Waals surface area contributed by atoms with E-state index in [1.807, 2.05) is 42.8 Å². The number of ether oxygens (including phenoxy) is 2. The van der Waals surface area contributed by atoms with Crippen LogP contribution < -0.4 is 20.3 Å². The molecule has 0 unspecified atom stereocenters. The van der Waals surface area contributed by atoms with Gasteiger partial charge in [0.1, 0.15) is 11.5 Å². The van der Waals surface area contributed by atoms with Crippen molar-refractivity contribution in [2.24, 2.45) is 0 Å². The Morgan fingerprint density at radius 3 is 2.59 bits per heavy atom. The lowest BCUT2D eigenvalue weighted by molar-refractivity contribution is 0.0950. The molecule has 2 aromatic carbocycles. The van der Waals surface area contributed by atoms with Crippen molar-refractivity contribution in [2.45, 2.75) is 24.8 Å². The van der Waals surface area contributed by atoms with E-state index in [1.165, 1.54) is 4.90 Å². The number of carbonyl (C=O) groups excluding carboxylic acids is 1. The molecular weight excluding hydrogens is 422 g/mol. The molecule has 0 saturated heterocycles. The van der Waals surface area contributed by atoms with Crippen LogP contribution in [-0.4, -0.2) is 39.5 Å². The first-order valence-corrected chi connectivity index (χ1v) is 11.9. The summed E-state index contributed by atoms with van der Waals surface area (Å²) in [5.41, 5.74) is 3.51. The molecule has 0 atom stereocenters. The molecule has 32 heavy (non-hydrogen) atoms. The van der Waals surface area contributed by atoms with Crippen LogP contribution in [0.5, 0.6) is 5.75 Å². The zero-order valence-electron chi connectivity index (χ0n) is 19.1. The van der Waals surface area contributed by atoms with E-state index in [0.717, 1.165) is 35.7 Å². The first-order chi connectivity index (χ1) is 15.6. The van der Waals surface area contributed by atoms with Gasteiger partial charge in [-0.25, -0.2) is 0 Å². The number of thioether (sulfide) groups is 1. The largest absolute Gasteiger partial charge is 0.499 e. The van der Waals surface area contributed by atoms with Gasteiger partial charge >= 0.3 is 0 Å². The Bertz CT molecular complexity index is 986. The summed E-state index contributed by atoms with van der Waals surface area (Å²) in [7, 11) is 3.30. The number of allylic oxidation sites excluding steroid dienone is 1. The predicted octanol–water partition coefficient (Wildman–Crippen LogP) is 4.54. The Kier molecular flexibility index (Phi) is 8.50. The molecular formula is C25H31N3O3S. The monoisotopic (exact) mass is 453 g/mol. The third-order valence-electron chi connectivity index (χ3n) is 5.20. The van der Waals surface area contributed by atoms with E-state index >= 15 is 0 Å². The van der Waals surface area contributed by atoms with Crippen LogP contribution in [0, 0.1) is 0 Å². The molecule has 170 valence electrons. The van der Waals surface area contributed by atoms with E-state index in [1.54, 1.807) is 32.0 Å². The summed E-state index contributed by atoms with van der Waals surface area (Å²) in [5.74, 6) is 1.38. The van der Waals surface area contributed by atoms with Gasteiger partial charge in [0, 0.05) is 35.8 Å². The second-order valence-electron chi connectivity index (χ2n) is 7.33. The molecule has 1 amide bonds. The van der Waals surface area contributed by atoms with E-state index in [-0.39, 0.29) is 5.91 Å². The smallest absolute Gasteiger partial charge is 0.251 e. The van der Waals surface area contributed by atoms with Gasteiger partial charge < -0.3 is 25.0 Å². The molecule has 7 heteroatoms. The van der Waals surface area contributed by atoms with Gasteiger partial charge in [0.15, 0.2) is 0 Å². The Hall–Kier alpha value is -3.06. The van der Waals surface area contributed by atoms with Crippen molar-refractivity contribution in [1.29, 1.82) is 0 Å². The highest BCUT2D eigenvalue weighted by atomic mass is 32.2. The number of amides is 1. The molecule has 3 rings (SSSR count). The van der Waals surface area contributed by atoms with Gasteiger partial charge in [-0.2, -0.15) is 0 Å². The number of methoxy groups -OCH3 is 2. The normalized spacial score (nSPS) is 12.9. The van der Waals surface area contributed by atoms with Crippen LogP contribution in [0.1, 0.15) is 29.3 Å². The lowest BCUT2D eigenvalue weighted by Gasteiger charge is -2.29. The summed E-state index contributed by atoms with van der Waals surface area (Å²) in [6, 6.07) is 13.8. The van der Waals surface area contributed by atoms with Crippen molar-refractivity contribution in [3.05, 3.63) is 77.3 Å². The number of dihydropyridines is 1. The van der Waals surface area contributed by atoms with Crippen molar-refractivity contribution in [3.8, 4) is 5.75 Å². The van der Waals surface area contributed by atoms with Crippen molar-refractivity contribution < 1.29 is 14.3 Å². The van der Waals surface area contributed by atoms with Crippen LogP contribution in [0.4, 0.5) is 5.69 Å². The number of hydrogen-bond acceptors (Lipinski definition) is 6. The first-order valence-electron chi connectivity index (χ1n) is 10.6. The molecule has 2 aromatic rings. The summed E-state index contributed by atoms with van der Waals surface area (Å²) in [6.07, 6.45) is 6.99. The maximum Gasteiger partial charge on any atom is 0.251 e. The Morgan fingerprint density at radius 2 is 1.94 bits per heavy atom. The molecule has 0 spiro atoms. The summed E-state index contributed by atoms with van der Waals surface area (Å²) in [5, 5.41) is 6.24. The minimum absolute atomic E-state index is 0.133. The molecule has 1 heterocycles. The molecule has 0 aromatic heterocycles. The van der Waals surface area contributed by atoms with Gasteiger partial charge in [0.05, 0.1) is 32.1 Å². The lowest BCUT2D eigenvalue weighted by atomic mass is 10.1. The minimum Gasteiger partial charge on any atom is -0.499 e. The summed E-state index contributed by atoms with van der Waals surface area (Å²) >= 11 is 1.70. The van der Waals surface area contributed by atoms with Crippen LogP contribution in [0.15, 0.2) is 71.1 Å². The number of rotatable bonds is 10. The predicted molar refractivity (Wildman–Crippen MR) is 131 cm³/mol. The molecule has 6 nitrogen and oxygen atoms in total. The highest BCUT2D eigenvalue weighted by molar-refractivity contribution is 7.98. The van der Waals surface area contributed by atoms with Gasteiger partial charge in [-0.3, -0.25) is 4.79 Å². The van der Waals surface area contributed by atoms with Crippen molar-refractivity contribution >= 4 is 23.4 Å². The van der Waals surface area contributed by atoms with Crippen LogP contribution in [-0.2, 0) is 11.3 Å². The van der Waals surface area contributed by atoms with E-state index in [9.17, 15) is 4.79 Å². The standard InChI is InChI=1S/C25H31N3O3S/c1-5-12-28(20-14-21(30-2)17-26-16-20)23-11-8-19(13-24(23)31-3)25(29)27-15-18-6-9-22(32-4)10-7-18/h6-11,13-14,16,26H,5,12,15,17H2,1-4H3,(H,27,29). The van der Waals surface area contributed by atoms with Gasteiger partial charge in [0.2, 0.25) is 0 Å². The molecule has 0 aliphatic carbocycles. The fourth-order valence-electron chi connectivity index (χ4n) is 3.48. The van der Waals surface area contributed by atoms with E-state index in [4.69, 9.17) is 9.47 Å². The number of anilines is 1. The molecule has 1 aliphatic heterocycles. The van der Waals surface area contributed by atoms with E-state index in [0.29, 0.717) is 24.4 Å². The fraction of sp³-hybridized carbons (Fsp3) is 0.320. The maximum atomic E-state index is 12.8. The molecule has 2 N–H and O–H groups in total. The zero-order chi connectivity index (χ0) is 22.9. The van der Waals surface area contributed by atoms with Crippen molar-refractivity contribution in [3.63, 3.8) is 0 Å². The van der Waals surface area contributed by atoms with Crippen LogP contribution in [0.25, 0.3) is 0 Å². The summed E-state index contributed by atoms with van der Waals surface area (Å²) in [6.45, 7) is 4.07. The topological polar surface area (TPSA) is 62.8 Å². The Balaban J connectivity index is 1.78. The van der Waals surface area contributed by atoms with Gasteiger partial charge in [-0.15, -0.1) is 11.8 Å². The maximum absolute atomic E-state index is 12.8. The third-order valence-corrected chi connectivity index (χ3v) is 5.94. The van der Waals surface area contributed by atoms with Crippen LogP contribution in [0.2, 0.25) is 0 Å². The molecule has 0 fully saturated rings. The number of nitrogens with one attached hydrogen (secondary N) is 2. The minimum atomic E-state index is -0.133. The summed E-state index contributed by atoms with van der Waals surface area (Å²) in [4.78, 5) is 16.1. The number of hydrogen-bond donors (Lipinski definition) is 2. The van der Waals surface area contributed by atoms with Crippen LogP contribution >= 0.6 is 11.8 Å². The van der Waals surface area contributed by atoms with E-state index < -0.39 is 0 Å². The zero-order valence-corrected chi connectivity index (χ0v) is 19.9. The summed E-state index contributed by atoms with van der Waals surface area (Å²) < 4.78 is 11.1. The van der Waals surface area contributed by atoms with Gasteiger partial charge in [-0.1, -0.05) is 19.1 Å². The van der Waals surface area contributed by atoms with E-state index in [2.05, 4.69) is 34.6 Å². The number of nitrogens with zero attached hydrogens (tertiary/aromatic N) is 1. The number of benzene rings is 2. The number of carbonyl (C=O) groups is 1. The quantitative estimate of drug-likeness (QED) is 0.515. The second kappa shape index (κ2) is 11.5. The Morgan fingerprint density at radius 1 is 1.16 bits per heavy atom. The van der Waals surface area contributed by atoms with Gasteiger partial charge in [0.25, 0.3) is 5.91 Å². The SMILES string of the molecule is CCCN(C1=CNCC(OC)=C1)c1ccc(C(=O)NCc2ccc(SC)cc2)cc1OC. The highest BCUT2D eigenvalue weighted by Crippen LogP contribution is 2.33. The fourth-order valence-corrected chi connectivity index (χ4v) is 3.89. The average molecular weight is 454 g/mol. The molecule has 0 bridgehead atoms. The average Bonchev–Trinajstić information content (AvgIpc) is 2.85. The third kappa shape index (κ3) is 5.79. The van der Waals surface area contributed by atoms with Crippen LogP contribution in [0.3, 0.4) is 0 Å². The van der Waals surface area contributed by atoms with Crippen molar-refractivity contribution in [1.82, 2.24) is 10.6 Å². The molecule has 0 radical (unpaired) electrons.